The minimum absolute atomic E-state index is 0.210. The van der Waals surface area contributed by atoms with Crippen molar-refractivity contribution in [2.45, 2.75) is 25.4 Å². The van der Waals surface area contributed by atoms with E-state index in [0.29, 0.717) is 45.0 Å². The van der Waals surface area contributed by atoms with Crippen molar-refractivity contribution in [3.05, 3.63) is 77.1 Å². The average Bonchev–Trinajstić information content (AvgIpc) is 3.81. The summed E-state index contributed by atoms with van der Waals surface area (Å²) in [6.07, 6.45) is 2.11. The van der Waals surface area contributed by atoms with Crippen LogP contribution in [-0.2, 0) is 9.53 Å². The second-order valence-corrected chi connectivity index (χ2v) is 11.4. The topological polar surface area (TPSA) is 129 Å². The molecule has 13 heteroatoms. The van der Waals surface area contributed by atoms with E-state index < -0.39 is 12.0 Å². The maximum Gasteiger partial charge on any atom is 0.328 e. The fourth-order valence-electron chi connectivity index (χ4n) is 5.34. The van der Waals surface area contributed by atoms with Crippen LogP contribution in [-0.4, -0.2) is 66.6 Å². The van der Waals surface area contributed by atoms with E-state index in [1.54, 1.807) is 42.1 Å². The summed E-state index contributed by atoms with van der Waals surface area (Å²) >= 11 is 7.75. The highest BCUT2D eigenvalue weighted by Crippen LogP contribution is 2.35. The van der Waals surface area contributed by atoms with Gasteiger partial charge in [0.15, 0.2) is 0 Å². The van der Waals surface area contributed by atoms with Crippen molar-refractivity contribution in [1.29, 1.82) is 0 Å². The molecule has 210 valence electrons. The van der Waals surface area contributed by atoms with Crippen LogP contribution in [0.2, 0.25) is 5.02 Å². The van der Waals surface area contributed by atoms with Gasteiger partial charge in [-0.2, -0.15) is 0 Å². The third kappa shape index (κ3) is 4.48. The lowest BCUT2D eigenvalue weighted by molar-refractivity contribution is -0.145. The molecular formula is C29H22ClN7O4S. The molecule has 6 aromatic rings. The first-order valence-corrected chi connectivity index (χ1v) is 14.3. The Morgan fingerprint density at radius 2 is 1.95 bits per heavy atom. The zero-order valence-corrected chi connectivity index (χ0v) is 24.0. The number of fused-ring (bicyclic) bond motifs is 2. The molecule has 0 N–H and O–H groups in total. The van der Waals surface area contributed by atoms with E-state index in [1.807, 2.05) is 30.3 Å². The van der Waals surface area contributed by atoms with Gasteiger partial charge in [0.25, 0.3) is 11.6 Å². The van der Waals surface area contributed by atoms with Crippen molar-refractivity contribution in [3.8, 4) is 22.0 Å². The first-order valence-electron chi connectivity index (χ1n) is 13.1. The molecule has 42 heavy (non-hydrogen) atoms. The maximum absolute atomic E-state index is 14.2. The Labute approximate surface area is 247 Å². The Bertz CT molecular complexity index is 1970. The first kappa shape index (κ1) is 26.2. The molecule has 5 heterocycles. The molecule has 1 amide bonds. The molecule has 0 spiro atoms. The predicted octanol–water partition coefficient (Wildman–Crippen LogP) is 5.35. The second-order valence-electron chi connectivity index (χ2n) is 9.97. The fraction of sp³-hybridized carbons (Fsp3) is 0.207. The minimum Gasteiger partial charge on any atom is -0.467 e. The lowest BCUT2D eigenvalue weighted by Crippen LogP contribution is -2.41. The van der Waals surface area contributed by atoms with Crippen molar-refractivity contribution in [1.82, 2.24) is 35.0 Å². The zero-order chi connectivity index (χ0) is 29.0. The number of aromatic nitrogens is 6. The number of aryl methyl sites for hydroxylation is 1. The molecule has 1 aliphatic heterocycles. The number of rotatable bonds is 5. The number of esters is 1. The lowest BCUT2D eigenvalue weighted by atomic mass is 10.0. The third-order valence-electron chi connectivity index (χ3n) is 7.38. The van der Waals surface area contributed by atoms with Crippen molar-refractivity contribution in [2.75, 3.05) is 13.7 Å². The SMILES string of the molecule is COC(=O)[C@@H]1C[C@@H](n2cc(-c3nc4ccccc4s3)nn2)CN1C(=O)c1cc(-c2cccc(Cl)c2)nc2onc(C)c12. The van der Waals surface area contributed by atoms with Crippen LogP contribution < -0.4 is 0 Å². The minimum atomic E-state index is -0.833. The van der Waals surface area contributed by atoms with Crippen LogP contribution in [0, 0.1) is 6.92 Å². The number of likely N-dealkylation sites (tertiary alicyclic amines) is 1. The highest BCUT2D eigenvalue weighted by atomic mass is 35.5. The van der Waals surface area contributed by atoms with Gasteiger partial charge in [0.05, 0.1) is 51.9 Å². The molecule has 2 aromatic carbocycles. The number of halogens is 1. The summed E-state index contributed by atoms with van der Waals surface area (Å²) in [5.74, 6) is -0.888. The quantitative estimate of drug-likeness (QED) is 0.241. The van der Waals surface area contributed by atoms with E-state index in [1.165, 1.54) is 23.3 Å². The molecule has 0 radical (unpaired) electrons. The fourth-order valence-corrected chi connectivity index (χ4v) is 6.44. The first-order chi connectivity index (χ1) is 20.4. The van der Waals surface area contributed by atoms with Gasteiger partial charge in [-0.3, -0.25) is 4.79 Å². The molecule has 0 unspecified atom stereocenters. The number of methoxy groups -OCH3 is 1. The molecule has 0 saturated carbocycles. The number of nitrogens with zero attached hydrogens (tertiary/aromatic N) is 7. The number of hydrogen-bond donors (Lipinski definition) is 0. The number of pyridine rings is 1. The lowest BCUT2D eigenvalue weighted by Gasteiger charge is -2.23. The van der Waals surface area contributed by atoms with Gasteiger partial charge in [0.1, 0.15) is 16.7 Å². The third-order valence-corrected chi connectivity index (χ3v) is 8.67. The average molecular weight is 600 g/mol. The highest BCUT2D eigenvalue weighted by Gasteiger charge is 2.42. The number of carbonyl (C=O) groups excluding carboxylic acids is 2. The summed E-state index contributed by atoms with van der Waals surface area (Å²) < 4.78 is 13.3. The Morgan fingerprint density at radius 1 is 1.10 bits per heavy atom. The number of carbonyl (C=O) groups is 2. The predicted molar refractivity (Wildman–Crippen MR) is 156 cm³/mol. The summed E-state index contributed by atoms with van der Waals surface area (Å²) in [4.78, 5) is 37.9. The van der Waals surface area contributed by atoms with E-state index in [2.05, 4.69) is 25.4 Å². The van der Waals surface area contributed by atoms with Crippen LogP contribution in [0.4, 0.5) is 0 Å². The summed E-state index contributed by atoms with van der Waals surface area (Å²) in [7, 11) is 1.31. The van der Waals surface area contributed by atoms with E-state index in [0.717, 1.165) is 15.2 Å². The number of ether oxygens (including phenoxy) is 1. The van der Waals surface area contributed by atoms with Crippen molar-refractivity contribution >= 4 is 56.1 Å². The van der Waals surface area contributed by atoms with Crippen LogP contribution in [0.15, 0.2) is 65.3 Å². The molecule has 1 aliphatic rings. The monoisotopic (exact) mass is 599 g/mol. The smallest absolute Gasteiger partial charge is 0.328 e. The van der Waals surface area contributed by atoms with Crippen LogP contribution in [0.1, 0.15) is 28.5 Å². The van der Waals surface area contributed by atoms with Gasteiger partial charge >= 0.3 is 5.97 Å². The maximum atomic E-state index is 14.2. The summed E-state index contributed by atoms with van der Waals surface area (Å²) in [5, 5.41) is 14.5. The highest BCUT2D eigenvalue weighted by molar-refractivity contribution is 7.21. The summed E-state index contributed by atoms with van der Waals surface area (Å²) in [6, 6.07) is 15.6. The van der Waals surface area contributed by atoms with Crippen molar-refractivity contribution in [3.63, 3.8) is 0 Å². The Balaban J connectivity index is 1.24. The number of para-hydroxylation sites is 1. The largest absolute Gasteiger partial charge is 0.467 e. The van der Waals surface area contributed by atoms with E-state index in [4.69, 9.17) is 20.9 Å². The van der Waals surface area contributed by atoms with Gasteiger partial charge in [0, 0.05) is 23.6 Å². The number of benzene rings is 2. The van der Waals surface area contributed by atoms with E-state index in [-0.39, 0.29) is 24.2 Å². The van der Waals surface area contributed by atoms with Gasteiger partial charge in [-0.1, -0.05) is 46.2 Å². The van der Waals surface area contributed by atoms with Crippen molar-refractivity contribution < 1.29 is 18.8 Å². The molecule has 0 bridgehead atoms. The molecule has 11 nitrogen and oxygen atoms in total. The molecule has 1 fully saturated rings. The molecular weight excluding hydrogens is 578 g/mol. The molecule has 2 atom stereocenters. The summed E-state index contributed by atoms with van der Waals surface area (Å²) in [5.41, 5.74) is 3.76. The van der Waals surface area contributed by atoms with Gasteiger partial charge in [-0.25, -0.2) is 19.4 Å². The Morgan fingerprint density at radius 3 is 2.76 bits per heavy atom. The van der Waals surface area contributed by atoms with E-state index in [9.17, 15) is 9.59 Å². The molecule has 4 aromatic heterocycles. The Hall–Kier alpha value is -4.68. The van der Waals surface area contributed by atoms with Gasteiger partial charge < -0.3 is 14.2 Å². The number of hydrogen-bond acceptors (Lipinski definition) is 10. The molecule has 7 rings (SSSR count). The number of thiazole rings is 1. The summed E-state index contributed by atoms with van der Waals surface area (Å²) in [6.45, 7) is 1.95. The van der Waals surface area contributed by atoms with Crippen molar-refractivity contribution in [2.24, 2.45) is 0 Å². The standard InChI is InChI=1S/C29H22ClN7O4S/c1-15-25-19(12-21(31-26(25)41-34-15)16-6-5-7-17(30)10-16)28(38)36-13-18(11-23(36)29(39)40-2)37-14-22(33-35-37)27-32-20-8-3-4-9-24(20)42-27/h3-10,12,14,18,23H,11,13H2,1-2H3/t18-,23+/m1/s1. The zero-order valence-electron chi connectivity index (χ0n) is 22.4. The number of amides is 1. The van der Waals surface area contributed by atoms with Crippen LogP contribution in [0.5, 0.6) is 0 Å². The normalized spacial score (nSPS) is 16.9. The Kier molecular flexibility index (Phi) is 6.43. The van der Waals surface area contributed by atoms with Crippen LogP contribution in [0.3, 0.4) is 0 Å². The molecule has 1 saturated heterocycles. The van der Waals surface area contributed by atoms with Crippen LogP contribution in [0.25, 0.3) is 43.3 Å². The van der Waals surface area contributed by atoms with Gasteiger partial charge in [-0.05, 0) is 37.3 Å². The van der Waals surface area contributed by atoms with Crippen LogP contribution >= 0.6 is 22.9 Å². The second kappa shape index (κ2) is 10.3. The molecule has 0 aliphatic carbocycles. The van der Waals surface area contributed by atoms with E-state index >= 15 is 0 Å². The van der Waals surface area contributed by atoms with Gasteiger partial charge in [0.2, 0.25) is 0 Å². The van der Waals surface area contributed by atoms with Gasteiger partial charge in [-0.15, -0.1) is 16.4 Å².